The van der Waals surface area contributed by atoms with E-state index in [4.69, 9.17) is 27.9 Å². The molecule has 1 heterocycles. The van der Waals surface area contributed by atoms with Crippen LogP contribution < -0.4 is 0 Å². The quantitative estimate of drug-likeness (QED) is 0.652. The van der Waals surface area contributed by atoms with Crippen LogP contribution in [-0.2, 0) is 11.3 Å². The average Bonchev–Trinajstić information content (AvgIpc) is 3.05. The molecule has 0 bridgehead atoms. The van der Waals surface area contributed by atoms with E-state index in [-0.39, 0.29) is 6.61 Å². The average molecular weight is 362 g/mol. The topological polar surface area (TPSA) is 57.0 Å². The third kappa shape index (κ3) is 3.75. The molecule has 0 aliphatic carbocycles. The van der Waals surface area contributed by atoms with Crippen molar-refractivity contribution in [3.8, 4) is 5.69 Å². The second kappa shape index (κ2) is 7.03. The Kier molecular flexibility index (Phi) is 4.83. The summed E-state index contributed by atoms with van der Waals surface area (Å²) in [4.78, 5) is 12.0. The molecule has 7 heteroatoms. The van der Waals surface area contributed by atoms with Crippen LogP contribution in [0.2, 0.25) is 10.0 Å². The largest absolute Gasteiger partial charge is 0.455 e. The van der Waals surface area contributed by atoms with Gasteiger partial charge in [0.15, 0.2) is 0 Å². The molecule has 0 atom stereocenters. The Morgan fingerprint density at radius 1 is 1.12 bits per heavy atom. The second-order valence-corrected chi connectivity index (χ2v) is 6.01. The minimum Gasteiger partial charge on any atom is -0.455 e. The Hall–Kier alpha value is -2.37. The van der Waals surface area contributed by atoms with Crippen LogP contribution in [-0.4, -0.2) is 21.0 Å². The first-order valence-corrected chi connectivity index (χ1v) is 7.89. The fourth-order valence-corrected chi connectivity index (χ4v) is 2.32. The van der Waals surface area contributed by atoms with E-state index in [2.05, 4.69) is 10.3 Å². The molecule has 2 aromatic carbocycles. The van der Waals surface area contributed by atoms with Crippen LogP contribution >= 0.6 is 23.2 Å². The molecular weight excluding hydrogens is 349 g/mol. The van der Waals surface area contributed by atoms with Gasteiger partial charge in [0.05, 0.1) is 27.5 Å². The van der Waals surface area contributed by atoms with Gasteiger partial charge in [0.2, 0.25) is 0 Å². The predicted octanol–water partition coefficient (Wildman–Crippen LogP) is 4.24. The number of nitrogens with zero attached hydrogens (tertiary/aromatic N) is 3. The van der Waals surface area contributed by atoms with Gasteiger partial charge in [0.1, 0.15) is 12.3 Å². The highest BCUT2D eigenvalue weighted by atomic mass is 35.5. The Labute approximate surface area is 148 Å². The van der Waals surface area contributed by atoms with E-state index in [1.165, 1.54) is 4.68 Å². The molecule has 0 aliphatic heterocycles. The van der Waals surface area contributed by atoms with Gasteiger partial charge >= 0.3 is 5.97 Å². The van der Waals surface area contributed by atoms with Crippen molar-refractivity contribution in [3.05, 3.63) is 75.5 Å². The molecule has 3 rings (SSSR count). The molecule has 0 aliphatic rings. The zero-order chi connectivity index (χ0) is 17.1. The van der Waals surface area contributed by atoms with Crippen LogP contribution in [0.4, 0.5) is 0 Å². The van der Waals surface area contributed by atoms with Crippen molar-refractivity contribution in [2.24, 2.45) is 0 Å². The normalized spacial score (nSPS) is 10.6. The zero-order valence-electron chi connectivity index (χ0n) is 12.7. The van der Waals surface area contributed by atoms with Crippen LogP contribution in [0.1, 0.15) is 21.6 Å². The summed E-state index contributed by atoms with van der Waals surface area (Å²) in [5.41, 5.74) is 2.82. The first-order valence-electron chi connectivity index (χ1n) is 7.13. The summed E-state index contributed by atoms with van der Waals surface area (Å²) in [6.45, 7) is 1.99. The molecule has 0 N–H and O–H groups in total. The van der Waals surface area contributed by atoms with Gasteiger partial charge in [-0.3, -0.25) is 0 Å². The van der Waals surface area contributed by atoms with Crippen molar-refractivity contribution in [1.82, 2.24) is 15.0 Å². The number of benzene rings is 2. The molecule has 0 unspecified atom stereocenters. The molecule has 3 aromatic rings. The van der Waals surface area contributed by atoms with Crippen molar-refractivity contribution < 1.29 is 9.53 Å². The highest BCUT2D eigenvalue weighted by Gasteiger charge is 2.10. The van der Waals surface area contributed by atoms with Crippen molar-refractivity contribution in [2.45, 2.75) is 13.5 Å². The van der Waals surface area contributed by atoms with Gasteiger partial charge in [0, 0.05) is 0 Å². The fraction of sp³-hybridized carbons (Fsp3) is 0.118. The number of carbonyl (C=O) groups is 1. The molecule has 0 spiro atoms. The smallest absolute Gasteiger partial charge is 0.338 e. The molecule has 5 nitrogen and oxygen atoms in total. The molecule has 0 amide bonds. The van der Waals surface area contributed by atoms with Gasteiger partial charge in [-0.1, -0.05) is 46.1 Å². The molecule has 122 valence electrons. The van der Waals surface area contributed by atoms with Gasteiger partial charge < -0.3 is 4.74 Å². The number of carbonyl (C=O) groups excluding carboxylic acids is 1. The fourth-order valence-electron chi connectivity index (χ4n) is 2.03. The highest BCUT2D eigenvalue weighted by molar-refractivity contribution is 6.42. The number of aryl methyl sites for hydroxylation is 1. The first kappa shape index (κ1) is 16.5. The monoisotopic (exact) mass is 361 g/mol. The number of halogens is 2. The predicted molar refractivity (Wildman–Crippen MR) is 91.7 cm³/mol. The van der Waals surface area contributed by atoms with Gasteiger partial charge in [-0.2, -0.15) is 0 Å². The SMILES string of the molecule is Cc1ccc(C(=O)OCc2cn(-c3ccc(Cl)c(Cl)c3)nn2)cc1. The number of ether oxygens (including phenoxy) is 1. The molecule has 0 saturated heterocycles. The van der Waals surface area contributed by atoms with E-state index < -0.39 is 5.97 Å². The number of hydrogen-bond acceptors (Lipinski definition) is 4. The zero-order valence-corrected chi connectivity index (χ0v) is 14.3. The summed E-state index contributed by atoms with van der Waals surface area (Å²) in [5, 5.41) is 8.87. The van der Waals surface area contributed by atoms with Crippen LogP contribution in [0.15, 0.2) is 48.7 Å². The van der Waals surface area contributed by atoms with Crippen molar-refractivity contribution in [1.29, 1.82) is 0 Å². The van der Waals surface area contributed by atoms with Gasteiger partial charge in [0.25, 0.3) is 0 Å². The molecule has 24 heavy (non-hydrogen) atoms. The molecule has 0 fully saturated rings. The Morgan fingerprint density at radius 3 is 2.58 bits per heavy atom. The van der Waals surface area contributed by atoms with E-state index in [0.717, 1.165) is 5.56 Å². The Morgan fingerprint density at radius 2 is 1.88 bits per heavy atom. The van der Waals surface area contributed by atoms with Crippen LogP contribution in [0, 0.1) is 6.92 Å². The molecule has 0 radical (unpaired) electrons. The Balaban J connectivity index is 1.66. The lowest BCUT2D eigenvalue weighted by molar-refractivity contribution is 0.0467. The van der Waals surface area contributed by atoms with Crippen LogP contribution in [0.3, 0.4) is 0 Å². The van der Waals surface area contributed by atoms with Gasteiger partial charge in [-0.05, 0) is 37.3 Å². The Bertz CT molecular complexity index is 876. The summed E-state index contributed by atoms with van der Waals surface area (Å²) < 4.78 is 6.78. The van der Waals surface area contributed by atoms with Gasteiger partial charge in [-0.15, -0.1) is 5.10 Å². The number of rotatable bonds is 4. The molecule has 0 saturated carbocycles. The number of esters is 1. The van der Waals surface area contributed by atoms with E-state index in [9.17, 15) is 4.79 Å². The standard InChI is InChI=1S/C17H13Cl2N3O2/c1-11-2-4-12(5-3-11)17(23)24-10-13-9-22(21-20-13)14-6-7-15(18)16(19)8-14/h2-9H,10H2,1H3. The van der Waals surface area contributed by atoms with E-state index in [1.807, 2.05) is 19.1 Å². The van der Waals surface area contributed by atoms with Crippen LogP contribution in [0.5, 0.6) is 0 Å². The maximum absolute atomic E-state index is 12.0. The van der Waals surface area contributed by atoms with Crippen molar-refractivity contribution in [2.75, 3.05) is 0 Å². The van der Waals surface area contributed by atoms with E-state index >= 15 is 0 Å². The minimum absolute atomic E-state index is 0.0357. The number of aromatic nitrogens is 3. The summed E-state index contributed by atoms with van der Waals surface area (Å²) in [5.74, 6) is -0.404. The summed E-state index contributed by atoms with van der Waals surface area (Å²) in [6.07, 6.45) is 1.67. The maximum Gasteiger partial charge on any atom is 0.338 e. The lowest BCUT2D eigenvalue weighted by Crippen LogP contribution is -2.05. The lowest BCUT2D eigenvalue weighted by atomic mass is 10.1. The van der Waals surface area contributed by atoms with E-state index in [1.54, 1.807) is 36.5 Å². The molecule has 1 aromatic heterocycles. The summed E-state index contributed by atoms with van der Waals surface area (Å²) in [7, 11) is 0. The minimum atomic E-state index is -0.404. The third-order valence-corrected chi connectivity index (χ3v) is 4.09. The lowest BCUT2D eigenvalue weighted by Gasteiger charge is -2.03. The van der Waals surface area contributed by atoms with Crippen LogP contribution in [0.25, 0.3) is 5.69 Å². The van der Waals surface area contributed by atoms with Crippen molar-refractivity contribution in [3.63, 3.8) is 0 Å². The second-order valence-electron chi connectivity index (χ2n) is 5.20. The summed E-state index contributed by atoms with van der Waals surface area (Å²) >= 11 is 11.9. The highest BCUT2D eigenvalue weighted by Crippen LogP contribution is 2.24. The maximum atomic E-state index is 12.0. The first-order chi connectivity index (χ1) is 11.5. The third-order valence-electron chi connectivity index (χ3n) is 3.35. The van der Waals surface area contributed by atoms with Crippen molar-refractivity contribution >= 4 is 29.2 Å². The van der Waals surface area contributed by atoms with E-state index in [0.29, 0.717) is 27.0 Å². The summed E-state index contributed by atoms with van der Waals surface area (Å²) in [6, 6.07) is 12.3. The number of hydrogen-bond donors (Lipinski definition) is 0. The van der Waals surface area contributed by atoms with Gasteiger partial charge in [-0.25, -0.2) is 9.48 Å². The molecular formula is C17H13Cl2N3O2.